The van der Waals surface area contributed by atoms with Crippen LogP contribution in [0.5, 0.6) is 11.5 Å². The van der Waals surface area contributed by atoms with Crippen LogP contribution in [0.1, 0.15) is 44.4 Å². The SMILES string of the molecule is Cc1ccc(C)n1-c1ccc(OCc2ccc(C(=O)N/N=C/c3ccccc3OCc3ccccc3C#N)o2)cc1. The second-order valence-corrected chi connectivity index (χ2v) is 9.29. The lowest BCUT2D eigenvalue weighted by Crippen LogP contribution is -2.16. The number of hydrogen-bond acceptors (Lipinski definition) is 6. The molecule has 41 heavy (non-hydrogen) atoms. The first-order chi connectivity index (χ1) is 20.0. The number of amides is 1. The van der Waals surface area contributed by atoms with Crippen molar-refractivity contribution in [3.63, 3.8) is 0 Å². The van der Waals surface area contributed by atoms with Gasteiger partial charge in [-0.3, -0.25) is 4.79 Å². The minimum Gasteiger partial charge on any atom is -0.488 e. The number of hydrazone groups is 1. The van der Waals surface area contributed by atoms with Crippen molar-refractivity contribution >= 4 is 12.1 Å². The predicted octanol–water partition coefficient (Wildman–Crippen LogP) is 6.48. The smallest absolute Gasteiger partial charge is 0.307 e. The first-order valence-electron chi connectivity index (χ1n) is 13.0. The van der Waals surface area contributed by atoms with Gasteiger partial charge in [0.15, 0.2) is 5.76 Å². The van der Waals surface area contributed by atoms with Gasteiger partial charge in [0.1, 0.15) is 30.5 Å². The number of ether oxygens (including phenoxy) is 2. The Labute approximate surface area is 238 Å². The first-order valence-corrected chi connectivity index (χ1v) is 13.0. The highest BCUT2D eigenvalue weighted by molar-refractivity contribution is 5.92. The zero-order valence-corrected chi connectivity index (χ0v) is 22.7. The maximum absolute atomic E-state index is 12.6. The Morgan fingerprint density at radius 3 is 2.41 bits per heavy atom. The summed E-state index contributed by atoms with van der Waals surface area (Å²) in [6, 6.07) is 32.0. The van der Waals surface area contributed by atoms with E-state index in [9.17, 15) is 10.1 Å². The Kier molecular flexibility index (Phi) is 8.27. The van der Waals surface area contributed by atoms with Crippen LogP contribution in [0.3, 0.4) is 0 Å². The van der Waals surface area contributed by atoms with E-state index in [1.54, 1.807) is 24.3 Å². The Bertz CT molecular complexity index is 1710. The van der Waals surface area contributed by atoms with E-state index in [4.69, 9.17) is 13.9 Å². The highest BCUT2D eigenvalue weighted by Crippen LogP contribution is 2.21. The summed E-state index contributed by atoms with van der Waals surface area (Å²) in [5, 5.41) is 13.3. The molecule has 8 nitrogen and oxygen atoms in total. The van der Waals surface area contributed by atoms with Crippen LogP contribution in [-0.4, -0.2) is 16.7 Å². The summed E-state index contributed by atoms with van der Waals surface area (Å²) in [7, 11) is 0. The topological polar surface area (TPSA) is 102 Å². The zero-order chi connectivity index (χ0) is 28.6. The van der Waals surface area contributed by atoms with Crippen molar-refractivity contribution in [3.05, 3.63) is 137 Å². The molecular formula is C33H28N4O4. The Hall–Kier alpha value is -5.55. The Morgan fingerprint density at radius 2 is 1.63 bits per heavy atom. The molecule has 5 aromatic rings. The van der Waals surface area contributed by atoms with E-state index in [-0.39, 0.29) is 19.0 Å². The molecule has 0 aliphatic heterocycles. The summed E-state index contributed by atoms with van der Waals surface area (Å²) >= 11 is 0. The van der Waals surface area contributed by atoms with E-state index in [0.717, 1.165) is 22.6 Å². The van der Waals surface area contributed by atoms with Crippen molar-refractivity contribution in [1.82, 2.24) is 9.99 Å². The number of aryl methyl sites for hydroxylation is 2. The molecule has 0 aliphatic rings. The molecule has 0 saturated carbocycles. The quantitative estimate of drug-likeness (QED) is 0.160. The molecule has 0 radical (unpaired) electrons. The number of benzene rings is 3. The third-order valence-corrected chi connectivity index (χ3v) is 6.44. The fraction of sp³-hybridized carbons (Fsp3) is 0.121. The fourth-order valence-electron chi connectivity index (χ4n) is 4.34. The van der Waals surface area contributed by atoms with Gasteiger partial charge in [-0.05, 0) is 80.6 Å². The number of hydrogen-bond donors (Lipinski definition) is 1. The van der Waals surface area contributed by atoms with Gasteiger partial charge >= 0.3 is 5.91 Å². The van der Waals surface area contributed by atoms with E-state index in [0.29, 0.717) is 28.4 Å². The molecule has 204 valence electrons. The fourth-order valence-corrected chi connectivity index (χ4v) is 4.34. The summed E-state index contributed by atoms with van der Waals surface area (Å²) < 4.78 is 19.6. The van der Waals surface area contributed by atoms with Crippen molar-refractivity contribution < 1.29 is 18.7 Å². The molecule has 8 heteroatoms. The van der Waals surface area contributed by atoms with Gasteiger partial charge in [0.2, 0.25) is 0 Å². The van der Waals surface area contributed by atoms with Gasteiger partial charge < -0.3 is 18.5 Å². The molecule has 2 aromatic heterocycles. The molecule has 0 fully saturated rings. The lowest BCUT2D eigenvalue weighted by molar-refractivity contribution is 0.0923. The number of aromatic nitrogens is 1. The second-order valence-electron chi connectivity index (χ2n) is 9.29. The van der Waals surface area contributed by atoms with Crippen molar-refractivity contribution in [2.75, 3.05) is 0 Å². The van der Waals surface area contributed by atoms with E-state index < -0.39 is 5.91 Å². The van der Waals surface area contributed by atoms with Gasteiger partial charge in [-0.25, -0.2) is 5.43 Å². The number of carbonyl (C=O) groups is 1. The summed E-state index contributed by atoms with van der Waals surface area (Å²) in [5.74, 6) is 1.40. The molecule has 0 saturated heterocycles. The average molecular weight is 545 g/mol. The van der Waals surface area contributed by atoms with Crippen LogP contribution < -0.4 is 14.9 Å². The van der Waals surface area contributed by atoms with Gasteiger partial charge in [0, 0.05) is 28.2 Å². The zero-order valence-electron chi connectivity index (χ0n) is 22.7. The van der Waals surface area contributed by atoms with Gasteiger partial charge in [-0.2, -0.15) is 10.4 Å². The standard InChI is InChI=1S/C33H28N4O4/c1-23-11-12-24(2)37(23)28-13-15-29(16-14-28)39-22-30-17-18-32(41-30)33(38)36-35-20-26-8-5-6-10-31(26)40-21-27-9-4-3-7-25(27)19-34/h3-18,20H,21-22H2,1-2H3,(H,36,38)/b35-20+. The lowest BCUT2D eigenvalue weighted by atomic mass is 10.1. The maximum atomic E-state index is 12.6. The van der Waals surface area contributed by atoms with E-state index in [1.165, 1.54) is 6.21 Å². The average Bonchev–Trinajstić information content (AvgIpc) is 3.62. The van der Waals surface area contributed by atoms with Gasteiger partial charge in [-0.1, -0.05) is 30.3 Å². The molecule has 0 atom stereocenters. The van der Waals surface area contributed by atoms with Gasteiger partial charge in [0.25, 0.3) is 0 Å². The predicted molar refractivity (Wildman–Crippen MR) is 155 cm³/mol. The molecule has 0 spiro atoms. The van der Waals surface area contributed by atoms with Crippen molar-refractivity contribution in [1.29, 1.82) is 5.26 Å². The molecule has 5 rings (SSSR count). The maximum Gasteiger partial charge on any atom is 0.307 e. The van der Waals surface area contributed by atoms with Crippen LogP contribution in [0.15, 0.2) is 107 Å². The van der Waals surface area contributed by atoms with E-state index in [1.807, 2.05) is 60.7 Å². The first kappa shape index (κ1) is 27.0. The normalized spacial score (nSPS) is 10.9. The van der Waals surface area contributed by atoms with Gasteiger partial charge in [0.05, 0.1) is 17.8 Å². The highest BCUT2D eigenvalue weighted by Gasteiger charge is 2.12. The van der Waals surface area contributed by atoms with Crippen molar-refractivity contribution in [2.24, 2.45) is 5.10 Å². The van der Waals surface area contributed by atoms with E-state index in [2.05, 4.69) is 47.1 Å². The second kappa shape index (κ2) is 12.5. The Morgan fingerprint density at radius 1 is 0.902 bits per heavy atom. The molecule has 1 N–H and O–H groups in total. The van der Waals surface area contributed by atoms with Crippen LogP contribution >= 0.6 is 0 Å². The van der Waals surface area contributed by atoms with Crippen molar-refractivity contribution in [3.8, 4) is 23.3 Å². The lowest BCUT2D eigenvalue weighted by Gasteiger charge is -2.10. The number of para-hydroxylation sites is 1. The third-order valence-electron chi connectivity index (χ3n) is 6.44. The third kappa shape index (κ3) is 6.54. The molecule has 1 amide bonds. The van der Waals surface area contributed by atoms with Crippen LogP contribution in [-0.2, 0) is 13.2 Å². The van der Waals surface area contributed by atoms with Crippen molar-refractivity contribution in [2.45, 2.75) is 27.1 Å². The number of nitriles is 1. The number of carbonyl (C=O) groups excluding carboxylic acids is 1. The largest absolute Gasteiger partial charge is 0.488 e. The molecule has 2 heterocycles. The number of nitrogens with one attached hydrogen (secondary N) is 1. The van der Waals surface area contributed by atoms with Crippen LogP contribution in [0.2, 0.25) is 0 Å². The molecule has 3 aromatic carbocycles. The molecular weight excluding hydrogens is 516 g/mol. The summed E-state index contributed by atoms with van der Waals surface area (Å²) in [4.78, 5) is 12.6. The molecule has 0 bridgehead atoms. The minimum absolute atomic E-state index is 0.118. The van der Waals surface area contributed by atoms with Crippen LogP contribution in [0, 0.1) is 25.2 Å². The van der Waals surface area contributed by atoms with Gasteiger partial charge in [-0.15, -0.1) is 0 Å². The van der Waals surface area contributed by atoms with E-state index >= 15 is 0 Å². The minimum atomic E-state index is -0.490. The molecule has 0 aliphatic carbocycles. The number of rotatable bonds is 10. The van der Waals surface area contributed by atoms with Crippen LogP contribution in [0.4, 0.5) is 0 Å². The number of furan rings is 1. The summed E-state index contributed by atoms with van der Waals surface area (Å²) in [6.07, 6.45) is 1.50. The molecule has 0 unspecified atom stereocenters. The monoisotopic (exact) mass is 544 g/mol. The number of nitrogens with zero attached hydrogens (tertiary/aromatic N) is 3. The highest BCUT2D eigenvalue weighted by atomic mass is 16.5. The Balaban J connectivity index is 1.14. The van der Waals surface area contributed by atoms with Crippen LogP contribution in [0.25, 0.3) is 5.69 Å². The summed E-state index contributed by atoms with van der Waals surface area (Å²) in [5.41, 5.74) is 7.88. The summed E-state index contributed by atoms with van der Waals surface area (Å²) in [6.45, 7) is 4.55.